The number of carboxylic acid groups (broad SMARTS) is 1. The van der Waals surface area contributed by atoms with Crippen molar-refractivity contribution < 1.29 is 23.8 Å². The van der Waals surface area contributed by atoms with E-state index in [4.69, 9.17) is 14.5 Å². The number of carbonyl (C=O) groups is 1. The predicted octanol–water partition coefficient (Wildman–Crippen LogP) is 8.78. The fourth-order valence-corrected chi connectivity index (χ4v) is 6.00. The van der Waals surface area contributed by atoms with Crippen molar-refractivity contribution in [3.63, 3.8) is 0 Å². The lowest BCUT2D eigenvalue weighted by atomic mass is 9.79. The van der Waals surface area contributed by atoms with Crippen molar-refractivity contribution in [1.29, 1.82) is 0 Å². The van der Waals surface area contributed by atoms with Gasteiger partial charge < -0.3 is 14.6 Å². The summed E-state index contributed by atoms with van der Waals surface area (Å²) >= 11 is 0. The van der Waals surface area contributed by atoms with E-state index in [9.17, 15) is 14.3 Å². The van der Waals surface area contributed by atoms with Crippen LogP contribution in [0.5, 0.6) is 5.75 Å². The summed E-state index contributed by atoms with van der Waals surface area (Å²) in [4.78, 5) is 17.8. The summed E-state index contributed by atoms with van der Waals surface area (Å²) in [6.07, 6.45) is 1.63. The molecule has 0 saturated heterocycles. The zero-order valence-corrected chi connectivity index (χ0v) is 25.9. The lowest BCUT2D eigenvalue weighted by molar-refractivity contribution is -0.160. The van der Waals surface area contributed by atoms with Crippen LogP contribution in [0.2, 0.25) is 0 Å². The molecule has 0 unspecified atom stereocenters. The minimum Gasteiger partial charge on any atom is -0.493 e. The molecular weight excluding hydrogens is 555 g/mol. The average molecular weight is 593 g/mol. The molecule has 5 aromatic rings. The topological polar surface area (TPSA) is 73.1 Å². The summed E-state index contributed by atoms with van der Waals surface area (Å²) in [5.41, 5.74) is 7.36. The Morgan fingerprint density at radius 1 is 1.00 bits per heavy atom. The Morgan fingerprint density at radius 2 is 1.70 bits per heavy atom. The molecule has 3 aromatic carbocycles. The molecule has 44 heavy (non-hydrogen) atoms. The first kappa shape index (κ1) is 29.6. The van der Waals surface area contributed by atoms with Crippen LogP contribution in [0.15, 0.2) is 79.0 Å². The van der Waals surface area contributed by atoms with Crippen molar-refractivity contribution in [2.75, 3.05) is 6.61 Å². The maximum Gasteiger partial charge on any atom is 0.337 e. The molecule has 1 aliphatic rings. The minimum atomic E-state index is -1.21. The molecule has 6 nitrogen and oxygen atoms in total. The van der Waals surface area contributed by atoms with Crippen LogP contribution in [-0.4, -0.2) is 32.7 Å². The highest BCUT2D eigenvalue weighted by Gasteiger charge is 2.34. The lowest BCUT2D eigenvalue weighted by Gasteiger charge is -2.33. The first-order valence-corrected chi connectivity index (χ1v) is 14.9. The van der Waals surface area contributed by atoms with Gasteiger partial charge in [-0.25, -0.2) is 14.2 Å². The van der Waals surface area contributed by atoms with Crippen molar-refractivity contribution in [3.05, 3.63) is 102 Å². The lowest BCUT2D eigenvalue weighted by Crippen LogP contribution is -2.29. The van der Waals surface area contributed by atoms with E-state index in [0.29, 0.717) is 23.5 Å². The van der Waals surface area contributed by atoms with Crippen LogP contribution in [0.3, 0.4) is 0 Å². The number of nitrogens with zero attached hydrogens (tertiary/aromatic N) is 2. The van der Waals surface area contributed by atoms with Crippen molar-refractivity contribution in [2.24, 2.45) is 0 Å². The van der Waals surface area contributed by atoms with E-state index < -0.39 is 17.7 Å². The molecule has 7 heteroatoms. The number of halogens is 1. The van der Waals surface area contributed by atoms with Gasteiger partial charge in [-0.05, 0) is 104 Å². The van der Waals surface area contributed by atoms with E-state index in [1.807, 2.05) is 80.8 Å². The Bertz CT molecular complexity index is 1880. The second-order valence-corrected chi connectivity index (χ2v) is 13.2. The number of pyridine rings is 1. The first-order valence-electron chi connectivity index (χ1n) is 14.9. The zero-order chi connectivity index (χ0) is 31.4. The SMILES string of the molecule is Cc1cc2nc(-c3cccc(-c4ccc(F)cc4)c3)cn2c(-c2ccc3c(c2)C(C)(C)CCO3)c1[C@H](OC(C)(C)C)C(=O)O. The zero-order valence-electron chi connectivity index (χ0n) is 25.9. The molecule has 226 valence electrons. The molecule has 0 spiro atoms. The molecule has 1 atom stereocenters. The summed E-state index contributed by atoms with van der Waals surface area (Å²) in [6, 6.07) is 22.4. The molecule has 0 radical (unpaired) electrons. The fraction of sp³-hybridized carbons (Fsp3) is 0.297. The van der Waals surface area contributed by atoms with Gasteiger partial charge >= 0.3 is 5.97 Å². The van der Waals surface area contributed by atoms with E-state index in [-0.39, 0.29) is 11.2 Å². The van der Waals surface area contributed by atoms with Crippen molar-refractivity contribution in [2.45, 2.75) is 65.1 Å². The van der Waals surface area contributed by atoms with E-state index in [1.165, 1.54) is 12.1 Å². The van der Waals surface area contributed by atoms with Crippen molar-refractivity contribution in [1.82, 2.24) is 9.38 Å². The van der Waals surface area contributed by atoms with Gasteiger partial charge in [0.2, 0.25) is 0 Å². The maximum absolute atomic E-state index is 13.6. The third-order valence-corrected chi connectivity index (χ3v) is 8.26. The third-order valence-electron chi connectivity index (χ3n) is 8.26. The number of hydrogen-bond donors (Lipinski definition) is 1. The summed E-state index contributed by atoms with van der Waals surface area (Å²) < 4.78 is 27.8. The van der Waals surface area contributed by atoms with Crippen LogP contribution in [0.4, 0.5) is 4.39 Å². The van der Waals surface area contributed by atoms with Gasteiger partial charge in [-0.15, -0.1) is 0 Å². The quantitative estimate of drug-likeness (QED) is 0.213. The van der Waals surface area contributed by atoms with Gasteiger partial charge in [0, 0.05) is 22.9 Å². The van der Waals surface area contributed by atoms with Crippen LogP contribution >= 0.6 is 0 Å². The van der Waals surface area contributed by atoms with E-state index in [2.05, 4.69) is 19.9 Å². The van der Waals surface area contributed by atoms with E-state index in [1.54, 1.807) is 12.1 Å². The Labute approximate surface area is 257 Å². The minimum absolute atomic E-state index is 0.109. The van der Waals surface area contributed by atoms with Gasteiger partial charge in [0.05, 0.1) is 23.6 Å². The molecular formula is C37H37FN2O4. The molecule has 2 aromatic heterocycles. The molecule has 0 bridgehead atoms. The van der Waals surface area contributed by atoms with Crippen LogP contribution in [0.1, 0.15) is 63.8 Å². The number of hydrogen-bond acceptors (Lipinski definition) is 4. The van der Waals surface area contributed by atoms with E-state index in [0.717, 1.165) is 51.2 Å². The number of fused-ring (bicyclic) bond motifs is 2. The number of aryl methyl sites for hydroxylation is 1. The molecule has 0 fully saturated rings. The Balaban J connectivity index is 1.59. The van der Waals surface area contributed by atoms with Crippen LogP contribution in [0.25, 0.3) is 39.3 Å². The van der Waals surface area contributed by atoms with E-state index >= 15 is 0 Å². The summed E-state index contributed by atoms with van der Waals surface area (Å²) in [5.74, 6) is -0.492. The highest BCUT2D eigenvalue weighted by Crippen LogP contribution is 2.43. The van der Waals surface area contributed by atoms with Crippen molar-refractivity contribution >= 4 is 11.6 Å². The van der Waals surface area contributed by atoms with Gasteiger partial charge in [0.1, 0.15) is 17.2 Å². The highest BCUT2D eigenvalue weighted by molar-refractivity contribution is 5.82. The van der Waals surface area contributed by atoms with Gasteiger partial charge in [0.15, 0.2) is 6.10 Å². The Morgan fingerprint density at radius 3 is 2.41 bits per heavy atom. The largest absolute Gasteiger partial charge is 0.493 e. The number of imidazole rings is 1. The fourth-order valence-electron chi connectivity index (χ4n) is 6.00. The number of aliphatic carboxylic acids is 1. The number of rotatable bonds is 6. The molecule has 3 heterocycles. The van der Waals surface area contributed by atoms with Crippen LogP contribution in [0, 0.1) is 12.7 Å². The van der Waals surface area contributed by atoms with Crippen LogP contribution < -0.4 is 4.74 Å². The number of aromatic nitrogens is 2. The van der Waals surface area contributed by atoms with Crippen molar-refractivity contribution in [3.8, 4) is 39.4 Å². The molecule has 0 saturated carbocycles. The number of benzene rings is 3. The number of carboxylic acids is 1. The average Bonchev–Trinajstić information content (AvgIpc) is 3.39. The monoisotopic (exact) mass is 592 g/mol. The molecule has 1 N–H and O–H groups in total. The highest BCUT2D eigenvalue weighted by atomic mass is 19.1. The van der Waals surface area contributed by atoms with Gasteiger partial charge in [-0.3, -0.25) is 4.40 Å². The second kappa shape index (κ2) is 10.9. The van der Waals surface area contributed by atoms with Gasteiger partial charge in [-0.1, -0.05) is 44.2 Å². The second-order valence-electron chi connectivity index (χ2n) is 13.2. The predicted molar refractivity (Wildman–Crippen MR) is 171 cm³/mol. The Kier molecular flexibility index (Phi) is 7.33. The number of ether oxygens (including phenoxy) is 2. The molecule has 6 rings (SSSR count). The van der Waals surface area contributed by atoms with Gasteiger partial charge in [-0.2, -0.15) is 0 Å². The summed E-state index contributed by atoms with van der Waals surface area (Å²) in [5, 5.41) is 10.5. The molecule has 1 aliphatic heterocycles. The first-order chi connectivity index (χ1) is 20.8. The maximum atomic E-state index is 13.6. The summed E-state index contributed by atoms with van der Waals surface area (Å²) in [7, 11) is 0. The Hall–Kier alpha value is -4.49. The third kappa shape index (κ3) is 5.60. The molecule has 0 aliphatic carbocycles. The van der Waals surface area contributed by atoms with Gasteiger partial charge in [0.25, 0.3) is 0 Å². The standard InChI is InChI=1S/C37H37FN2O4/c1-22-18-31-39-29(25-9-7-8-24(19-25)23-10-13-27(38)14-11-23)21-40(31)33(32(22)34(35(41)42)44-36(2,3)4)26-12-15-30-28(20-26)37(5,6)16-17-43-30/h7-15,18-21,34H,16-17H2,1-6H3,(H,41,42)/t34-/m0/s1. The normalized spacial score (nSPS) is 15.1. The summed E-state index contributed by atoms with van der Waals surface area (Å²) in [6.45, 7) is 12.6. The molecule has 0 amide bonds. The van der Waals surface area contributed by atoms with Crippen LogP contribution in [-0.2, 0) is 14.9 Å². The smallest absolute Gasteiger partial charge is 0.337 e.